The molecular weight excluding hydrogens is 416 g/mol. The minimum atomic E-state index is -0.110. The van der Waals surface area contributed by atoms with Gasteiger partial charge >= 0.3 is 0 Å². The third kappa shape index (κ3) is 3.57. The van der Waals surface area contributed by atoms with Gasteiger partial charge < -0.3 is 4.74 Å². The van der Waals surface area contributed by atoms with Gasteiger partial charge in [0, 0.05) is 16.2 Å². The Morgan fingerprint density at radius 1 is 1.03 bits per heavy atom. The van der Waals surface area contributed by atoms with Gasteiger partial charge in [-0.15, -0.1) is 0 Å². The summed E-state index contributed by atoms with van der Waals surface area (Å²) in [6, 6.07) is 16.3. The highest BCUT2D eigenvalue weighted by molar-refractivity contribution is 7.99. The second-order valence-corrected chi connectivity index (χ2v) is 10.8. The van der Waals surface area contributed by atoms with Gasteiger partial charge in [-0.05, 0) is 49.1 Å². The summed E-state index contributed by atoms with van der Waals surface area (Å²) in [5.74, 6) is 0.781. The van der Waals surface area contributed by atoms with Crippen LogP contribution in [0.4, 0.5) is 0 Å². The highest BCUT2D eigenvalue weighted by atomic mass is 32.2. The number of nitrogens with zero attached hydrogens (tertiary/aromatic N) is 2. The van der Waals surface area contributed by atoms with E-state index in [0.29, 0.717) is 5.25 Å². The topological polar surface area (TPSA) is 44.1 Å². The number of benzene rings is 2. The van der Waals surface area contributed by atoms with Crippen molar-refractivity contribution >= 4 is 11.8 Å². The Labute approximate surface area is 194 Å². The molecule has 0 aliphatic heterocycles. The van der Waals surface area contributed by atoms with Gasteiger partial charge in [0.2, 0.25) is 0 Å². The van der Waals surface area contributed by atoms with Crippen molar-refractivity contribution in [1.82, 2.24) is 9.55 Å². The fourth-order valence-corrected chi connectivity index (χ4v) is 6.30. The van der Waals surface area contributed by atoms with Gasteiger partial charge in [-0.25, -0.2) is 4.98 Å². The number of thioether (sulfide) groups is 1. The third-order valence-corrected chi connectivity index (χ3v) is 7.82. The second-order valence-electron chi connectivity index (χ2n) is 9.30. The Hall–Kier alpha value is -2.53. The molecule has 0 saturated heterocycles. The number of hydrogen-bond acceptors (Lipinski definition) is 4. The van der Waals surface area contributed by atoms with Gasteiger partial charge in [0.1, 0.15) is 5.75 Å². The summed E-state index contributed by atoms with van der Waals surface area (Å²) in [6.07, 6.45) is 6.65. The Morgan fingerprint density at radius 2 is 1.75 bits per heavy atom. The number of hydrogen-bond donors (Lipinski definition) is 0. The summed E-state index contributed by atoms with van der Waals surface area (Å²) < 4.78 is 7.18. The summed E-state index contributed by atoms with van der Waals surface area (Å²) in [5, 5.41) is 1.07. The summed E-state index contributed by atoms with van der Waals surface area (Å²) in [6.45, 7) is 4.29. The van der Waals surface area contributed by atoms with E-state index in [1.54, 1.807) is 18.9 Å². The van der Waals surface area contributed by atoms with Gasteiger partial charge in [-0.1, -0.05) is 69.1 Å². The van der Waals surface area contributed by atoms with Crippen LogP contribution in [0, 0.1) is 0 Å². The minimum absolute atomic E-state index is 0.0970. The molecule has 1 heterocycles. The Kier molecular flexibility index (Phi) is 5.62. The van der Waals surface area contributed by atoms with Crippen LogP contribution < -0.4 is 10.3 Å². The molecule has 0 radical (unpaired) electrons. The monoisotopic (exact) mass is 446 g/mol. The lowest BCUT2D eigenvalue weighted by Gasteiger charge is -2.42. The van der Waals surface area contributed by atoms with Gasteiger partial charge in [-0.2, -0.15) is 0 Å². The smallest absolute Gasteiger partial charge is 0.263 e. The largest absolute Gasteiger partial charge is 0.497 e. The first kappa shape index (κ1) is 21.3. The first-order chi connectivity index (χ1) is 15.5. The van der Waals surface area contributed by atoms with Crippen LogP contribution in [0.3, 0.4) is 0 Å². The number of aromatic nitrogens is 2. The standard InChI is InChI=1S/C27H30N2O2S/c1-18(2)32-26-28-24-22-10-6-5-9-19(22)17-27(15-7-4-8-16-27)23(24)25(30)29(26)20-11-13-21(31-3)14-12-20/h5-6,9-14,18H,4,7-8,15-17H2,1-3H3. The predicted molar refractivity (Wildman–Crippen MR) is 131 cm³/mol. The van der Waals surface area contributed by atoms with Gasteiger partial charge in [0.15, 0.2) is 5.16 Å². The average molecular weight is 447 g/mol. The molecule has 0 N–H and O–H groups in total. The normalized spacial score (nSPS) is 16.6. The summed E-state index contributed by atoms with van der Waals surface area (Å²) in [5.41, 5.74) is 5.13. The first-order valence-electron chi connectivity index (χ1n) is 11.6. The van der Waals surface area contributed by atoms with E-state index in [4.69, 9.17) is 9.72 Å². The predicted octanol–water partition coefficient (Wildman–Crippen LogP) is 6.17. The molecule has 0 bridgehead atoms. The van der Waals surface area contributed by atoms with Gasteiger partial charge in [-0.3, -0.25) is 9.36 Å². The van der Waals surface area contributed by atoms with Gasteiger partial charge in [0.25, 0.3) is 5.56 Å². The highest BCUT2D eigenvalue weighted by Gasteiger charge is 2.43. The van der Waals surface area contributed by atoms with Crippen molar-refractivity contribution < 1.29 is 4.74 Å². The summed E-state index contributed by atoms with van der Waals surface area (Å²) >= 11 is 1.65. The van der Waals surface area contributed by atoms with Crippen LogP contribution in [0.15, 0.2) is 58.5 Å². The molecule has 2 aliphatic rings. The molecule has 2 aromatic carbocycles. The fourth-order valence-electron chi connectivity index (χ4n) is 5.44. The fraction of sp³-hybridized carbons (Fsp3) is 0.407. The van der Waals surface area contributed by atoms with E-state index in [2.05, 4.69) is 38.1 Å². The van der Waals surface area contributed by atoms with Crippen LogP contribution in [0.5, 0.6) is 5.75 Å². The Bertz CT molecular complexity index is 1190. The molecular formula is C27H30N2O2S. The SMILES string of the molecule is COc1ccc(-n2c(SC(C)C)nc3c(c2=O)C2(CCCCC2)Cc2ccccc2-3)cc1. The number of fused-ring (bicyclic) bond motifs is 4. The molecule has 3 aromatic rings. The molecule has 1 spiro atoms. The van der Waals surface area contributed by atoms with Crippen molar-refractivity contribution in [3.05, 3.63) is 70.0 Å². The lowest BCUT2D eigenvalue weighted by molar-refractivity contribution is 0.283. The molecule has 1 fully saturated rings. The number of rotatable bonds is 4. The van der Waals surface area contributed by atoms with Crippen molar-refractivity contribution in [3.63, 3.8) is 0 Å². The lowest BCUT2D eigenvalue weighted by atomic mass is 9.62. The molecule has 5 heteroatoms. The van der Waals surface area contributed by atoms with Gasteiger partial charge in [0.05, 0.1) is 24.1 Å². The molecule has 0 amide bonds. The summed E-state index contributed by atoms with van der Waals surface area (Å²) in [4.78, 5) is 19.6. The van der Waals surface area contributed by atoms with Crippen LogP contribution in [-0.2, 0) is 11.8 Å². The van der Waals surface area contributed by atoms with Crippen LogP contribution >= 0.6 is 11.8 Å². The molecule has 0 unspecified atom stereocenters. The molecule has 1 saturated carbocycles. The second kappa shape index (κ2) is 8.43. The van der Waals surface area contributed by atoms with E-state index < -0.39 is 0 Å². The third-order valence-electron chi connectivity index (χ3n) is 6.87. The Morgan fingerprint density at radius 3 is 2.44 bits per heavy atom. The van der Waals surface area contributed by atoms with Crippen molar-refractivity contribution in [3.8, 4) is 22.7 Å². The van der Waals surface area contributed by atoms with Crippen molar-refractivity contribution in [2.45, 2.75) is 68.2 Å². The molecule has 4 nitrogen and oxygen atoms in total. The van der Waals surface area contributed by atoms with E-state index in [0.717, 1.165) is 52.7 Å². The van der Waals surface area contributed by atoms with E-state index in [1.165, 1.54) is 24.8 Å². The zero-order chi connectivity index (χ0) is 22.3. The first-order valence-corrected chi connectivity index (χ1v) is 12.5. The highest BCUT2D eigenvalue weighted by Crippen LogP contribution is 2.49. The number of ether oxygens (including phenoxy) is 1. The quantitative estimate of drug-likeness (QED) is 0.355. The minimum Gasteiger partial charge on any atom is -0.497 e. The molecule has 2 aliphatic carbocycles. The maximum Gasteiger partial charge on any atom is 0.263 e. The van der Waals surface area contributed by atoms with Crippen LogP contribution in [0.1, 0.15) is 57.1 Å². The van der Waals surface area contributed by atoms with E-state index >= 15 is 0 Å². The zero-order valence-electron chi connectivity index (χ0n) is 19.1. The maximum absolute atomic E-state index is 14.3. The van der Waals surface area contributed by atoms with Crippen molar-refractivity contribution in [1.29, 1.82) is 0 Å². The van der Waals surface area contributed by atoms with Crippen LogP contribution in [0.25, 0.3) is 16.9 Å². The van der Waals surface area contributed by atoms with Crippen molar-refractivity contribution in [2.75, 3.05) is 7.11 Å². The molecule has 32 heavy (non-hydrogen) atoms. The summed E-state index contributed by atoms with van der Waals surface area (Å²) in [7, 11) is 1.66. The Balaban J connectivity index is 1.81. The maximum atomic E-state index is 14.3. The average Bonchev–Trinajstić information content (AvgIpc) is 2.79. The van der Waals surface area contributed by atoms with Crippen LogP contribution in [-0.4, -0.2) is 21.9 Å². The molecule has 5 rings (SSSR count). The van der Waals surface area contributed by atoms with Crippen LogP contribution in [0.2, 0.25) is 0 Å². The van der Waals surface area contributed by atoms with E-state index in [-0.39, 0.29) is 11.0 Å². The molecule has 166 valence electrons. The van der Waals surface area contributed by atoms with E-state index in [9.17, 15) is 4.79 Å². The lowest BCUT2D eigenvalue weighted by Crippen LogP contribution is -2.43. The van der Waals surface area contributed by atoms with Crippen molar-refractivity contribution in [2.24, 2.45) is 0 Å². The molecule has 1 aromatic heterocycles. The number of methoxy groups -OCH3 is 1. The van der Waals surface area contributed by atoms with E-state index in [1.807, 2.05) is 28.8 Å². The molecule has 0 atom stereocenters. The zero-order valence-corrected chi connectivity index (χ0v) is 19.9.